The largest absolute Gasteiger partial charge is 0.383 e. The molecular weight excluding hydrogens is 238 g/mol. The number of methoxy groups -OCH3 is 1. The number of ether oxygens (including phenoxy) is 1. The van der Waals surface area contributed by atoms with E-state index in [2.05, 4.69) is 24.1 Å². The Morgan fingerprint density at radius 1 is 1.37 bits per heavy atom. The lowest BCUT2D eigenvalue weighted by Crippen LogP contribution is -2.43. The summed E-state index contributed by atoms with van der Waals surface area (Å²) in [6.07, 6.45) is 6.09. The SMILES string of the molecule is CCCNC(Cc1cccnc1N)C(CCC)OC. The maximum Gasteiger partial charge on any atom is 0.126 e. The van der Waals surface area contributed by atoms with Crippen LogP contribution in [0.4, 0.5) is 5.82 Å². The van der Waals surface area contributed by atoms with Crippen molar-refractivity contribution in [1.29, 1.82) is 0 Å². The van der Waals surface area contributed by atoms with Crippen molar-refractivity contribution in [2.24, 2.45) is 0 Å². The van der Waals surface area contributed by atoms with E-state index in [1.807, 2.05) is 12.1 Å². The Kier molecular flexibility index (Phi) is 7.45. The van der Waals surface area contributed by atoms with Gasteiger partial charge in [0.25, 0.3) is 0 Å². The highest BCUT2D eigenvalue weighted by Crippen LogP contribution is 2.15. The molecule has 108 valence electrons. The van der Waals surface area contributed by atoms with Gasteiger partial charge in [0.2, 0.25) is 0 Å². The zero-order chi connectivity index (χ0) is 14.1. The molecule has 0 saturated carbocycles. The van der Waals surface area contributed by atoms with Crippen LogP contribution >= 0.6 is 0 Å². The van der Waals surface area contributed by atoms with Gasteiger partial charge in [-0.2, -0.15) is 0 Å². The van der Waals surface area contributed by atoms with Crippen LogP contribution < -0.4 is 11.1 Å². The molecule has 19 heavy (non-hydrogen) atoms. The Bertz CT molecular complexity index is 357. The van der Waals surface area contributed by atoms with E-state index in [0.29, 0.717) is 5.82 Å². The van der Waals surface area contributed by atoms with E-state index in [-0.39, 0.29) is 12.1 Å². The van der Waals surface area contributed by atoms with E-state index in [1.165, 1.54) is 0 Å². The number of nitrogens with zero attached hydrogens (tertiary/aromatic N) is 1. The Labute approximate surface area is 116 Å². The van der Waals surface area contributed by atoms with E-state index in [0.717, 1.165) is 37.8 Å². The molecule has 1 heterocycles. The number of pyridine rings is 1. The van der Waals surface area contributed by atoms with Crippen molar-refractivity contribution in [3.8, 4) is 0 Å². The lowest BCUT2D eigenvalue weighted by Gasteiger charge is -2.27. The highest BCUT2D eigenvalue weighted by molar-refractivity contribution is 5.39. The third-order valence-electron chi connectivity index (χ3n) is 3.35. The van der Waals surface area contributed by atoms with Gasteiger partial charge < -0.3 is 15.8 Å². The molecule has 0 saturated heterocycles. The molecule has 0 fully saturated rings. The minimum absolute atomic E-state index is 0.219. The first-order chi connectivity index (χ1) is 9.22. The van der Waals surface area contributed by atoms with Gasteiger partial charge in [-0.25, -0.2) is 4.98 Å². The molecule has 0 amide bonds. The molecule has 2 unspecified atom stereocenters. The first kappa shape index (κ1) is 15.9. The topological polar surface area (TPSA) is 60.2 Å². The second-order valence-electron chi connectivity index (χ2n) is 4.88. The normalized spacial score (nSPS) is 14.3. The minimum Gasteiger partial charge on any atom is -0.383 e. The number of rotatable bonds is 9. The third kappa shape index (κ3) is 5.17. The maximum absolute atomic E-state index is 5.93. The molecule has 1 rings (SSSR count). The lowest BCUT2D eigenvalue weighted by atomic mass is 9.98. The van der Waals surface area contributed by atoms with Crippen molar-refractivity contribution >= 4 is 5.82 Å². The van der Waals surface area contributed by atoms with Gasteiger partial charge in [0.1, 0.15) is 5.82 Å². The number of nitrogens with two attached hydrogens (primary N) is 1. The summed E-state index contributed by atoms with van der Waals surface area (Å²) >= 11 is 0. The van der Waals surface area contributed by atoms with Gasteiger partial charge in [-0.1, -0.05) is 26.3 Å². The van der Waals surface area contributed by atoms with Gasteiger partial charge >= 0.3 is 0 Å². The number of nitrogen functional groups attached to an aromatic ring is 1. The smallest absolute Gasteiger partial charge is 0.126 e. The van der Waals surface area contributed by atoms with Gasteiger partial charge in [0, 0.05) is 19.3 Å². The molecule has 0 bridgehead atoms. The van der Waals surface area contributed by atoms with Crippen molar-refractivity contribution in [3.63, 3.8) is 0 Å². The fourth-order valence-electron chi connectivity index (χ4n) is 2.29. The standard InChI is InChI=1S/C15H27N3O/c1-4-7-14(19-3)13(17-9-5-2)11-12-8-6-10-18-15(12)16/h6,8,10,13-14,17H,4-5,7,9,11H2,1-3H3,(H2,16,18). The molecule has 1 aromatic rings. The number of anilines is 1. The number of hydrogen-bond donors (Lipinski definition) is 2. The molecule has 4 nitrogen and oxygen atoms in total. The van der Waals surface area contributed by atoms with Crippen molar-refractivity contribution < 1.29 is 4.74 Å². The van der Waals surface area contributed by atoms with Crippen LogP contribution in [0.15, 0.2) is 18.3 Å². The highest BCUT2D eigenvalue weighted by atomic mass is 16.5. The number of aromatic nitrogens is 1. The average Bonchev–Trinajstić information content (AvgIpc) is 2.43. The van der Waals surface area contributed by atoms with Crippen molar-refractivity contribution in [2.45, 2.75) is 51.7 Å². The average molecular weight is 265 g/mol. The minimum atomic E-state index is 0.219. The Balaban J connectivity index is 2.75. The molecule has 1 aromatic heterocycles. The van der Waals surface area contributed by atoms with Crippen molar-refractivity contribution in [3.05, 3.63) is 23.9 Å². The Morgan fingerprint density at radius 2 is 2.16 bits per heavy atom. The number of hydrogen-bond acceptors (Lipinski definition) is 4. The monoisotopic (exact) mass is 265 g/mol. The Hall–Kier alpha value is -1.13. The first-order valence-electron chi connectivity index (χ1n) is 7.18. The summed E-state index contributed by atoms with van der Waals surface area (Å²) in [5.41, 5.74) is 7.03. The van der Waals surface area contributed by atoms with Crippen molar-refractivity contribution in [1.82, 2.24) is 10.3 Å². The predicted octanol–water partition coefficient (Wildman–Crippen LogP) is 2.39. The van der Waals surface area contributed by atoms with E-state index in [1.54, 1.807) is 13.3 Å². The fourth-order valence-corrected chi connectivity index (χ4v) is 2.29. The molecule has 2 atom stereocenters. The summed E-state index contributed by atoms with van der Waals surface area (Å²) in [7, 11) is 1.79. The number of nitrogens with one attached hydrogen (secondary N) is 1. The zero-order valence-electron chi connectivity index (χ0n) is 12.4. The second-order valence-corrected chi connectivity index (χ2v) is 4.88. The highest BCUT2D eigenvalue weighted by Gasteiger charge is 2.21. The van der Waals surface area contributed by atoms with Crippen LogP contribution in [0.5, 0.6) is 0 Å². The fraction of sp³-hybridized carbons (Fsp3) is 0.667. The van der Waals surface area contributed by atoms with Gasteiger partial charge in [-0.15, -0.1) is 0 Å². The van der Waals surface area contributed by atoms with E-state index in [9.17, 15) is 0 Å². The van der Waals surface area contributed by atoms with Gasteiger partial charge in [-0.3, -0.25) is 0 Å². The van der Waals surface area contributed by atoms with Crippen LogP contribution in [-0.2, 0) is 11.2 Å². The zero-order valence-corrected chi connectivity index (χ0v) is 12.4. The summed E-state index contributed by atoms with van der Waals surface area (Å²) in [4.78, 5) is 4.15. The first-order valence-corrected chi connectivity index (χ1v) is 7.18. The quantitative estimate of drug-likeness (QED) is 0.720. The van der Waals surface area contributed by atoms with E-state index < -0.39 is 0 Å². The van der Waals surface area contributed by atoms with Crippen LogP contribution in [0.25, 0.3) is 0 Å². The van der Waals surface area contributed by atoms with E-state index in [4.69, 9.17) is 10.5 Å². The molecule has 0 spiro atoms. The molecular formula is C15H27N3O. The molecule has 3 N–H and O–H groups in total. The molecule has 0 aliphatic carbocycles. The summed E-state index contributed by atoms with van der Waals surface area (Å²) in [6.45, 7) is 5.35. The maximum atomic E-state index is 5.93. The molecule has 0 aliphatic heterocycles. The second kappa shape index (κ2) is 8.88. The van der Waals surface area contributed by atoms with Crippen LogP contribution in [0.1, 0.15) is 38.7 Å². The van der Waals surface area contributed by atoms with Crippen LogP contribution in [-0.4, -0.2) is 30.8 Å². The van der Waals surface area contributed by atoms with Crippen LogP contribution in [0.3, 0.4) is 0 Å². The summed E-state index contributed by atoms with van der Waals surface area (Å²) < 4.78 is 5.64. The van der Waals surface area contributed by atoms with Gasteiger partial charge in [-0.05, 0) is 37.4 Å². The Morgan fingerprint density at radius 3 is 2.74 bits per heavy atom. The van der Waals surface area contributed by atoms with Crippen LogP contribution in [0, 0.1) is 0 Å². The van der Waals surface area contributed by atoms with Crippen LogP contribution in [0.2, 0.25) is 0 Å². The molecule has 0 radical (unpaired) electrons. The summed E-state index contributed by atoms with van der Waals surface area (Å²) in [5.74, 6) is 0.622. The van der Waals surface area contributed by atoms with Gasteiger partial charge in [0.05, 0.1) is 6.10 Å². The molecule has 0 aliphatic rings. The van der Waals surface area contributed by atoms with Gasteiger partial charge in [0.15, 0.2) is 0 Å². The van der Waals surface area contributed by atoms with E-state index >= 15 is 0 Å². The lowest BCUT2D eigenvalue weighted by molar-refractivity contribution is 0.0609. The summed E-state index contributed by atoms with van der Waals surface area (Å²) in [5, 5.41) is 3.57. The summed E-state index contributed by atoms with van der Waals surface area (Å²) in [6, 6.07) is 4.27. The molecule has 4 heteroatoms. The molecule has 0 aromatic carbocycles. The third-order valence-corrected chi connectivity index (χ3v) is 3.35. The van der Waals surface area contributed by atoms with Crippen molar-refractivity contribution in [2.75, 3.05) is 19.4 Å². The predicted molar refractivity (Wildman–Crippen MR) is 80.1 cm³/mol.